The minimum atomic E-state index is 0. The van der Waals surface area contributed by atoms with E-state index < -0.39 is 0 Å². The topological polar surface area (TPSA) is 36.4 Å². The maximum Gasteiger partial charge on any atom is 0.191 e. The van der Waals surface area contributed by atoms with E-state index in [-0.39, 0.29) is 29.4 Å². The Morgan fingerprint density at radius 2 is 1.94 bits per heavy atom. The second kappa shape index (κ2) is 6.41. The van der Waals surface area contributed by atoms with Crippen LogP contribution in [-0.4, -0.2) is 18.5 Å². The number of nitrogens with one attached hydrogen (secondary N) is 2. The molecule has 1 aromatic rings. The average Bonchev–Trinajstić information content (AvgIpc) is 2.76. The molecular formula is C14H22IN3. The van der Waals surface area contributed by atoms with Gasteiger partial charge in [0.25, 0.3) is 0 Å². The van der Waals surface area contributed by atoms with Gasteiger partial charge in [-0.3, -0.25) is 4.99 Å². The fourth-order valence-corrected chi connectivity index (χ4v) is 1.82. The summed E-state index contributed by atoms with van der Waals surface area (Å²) in [6.45, 7) is 8.39. The van der Waals surface area contributed by atoms with Crippen molar-refractivity contribution in [3.8, 4) is 0 Å². The van der Waals surface area contributed by atoms with E-state index in [9.17, 15) is 0 Å². The van der Waals surface area contributed by atoms with Crippen molar-refractivity contribution >= 4 is 29.9 Å². The average molecular weight is 359 g/mol. The van der Waals surface area contributed by atoms with Crippen molar-refractivity contribution in [1.29, 1.82) is 0 Å². The smallest absolute Gasteiger partial charge is 0.191 e. The summed E-state index contributed by atoms with van der Waals surface area (Å²) in [6.07, 6.45) is 0. The van der Waals surface area contributed by atoms with Gasteiger partial charge in [-0.15, -0.1) is 24.0 Å². The van der Waals surface area contributed by atoms with Crippen LogP contribution in [-0.2, 0) is 6.54 Å². The highest BCUT2D eigenvalue weighted by molar-refractivity contribution is 14.0. The summed E-state index contributed by atoms with van der Waals surface area (Å²) in [4.78, 5) is 4.49. The molecule has 2 rings (SSSR count). The number of halogens is 1. The fraction of sp³-hybridized carbons (Fsp3) is 0.500. The summed E-state index contributed by atoms with van der Waals surface area (Å²) in [7, 11) is 0. The van der Waals surface area contributed by atoms with Gasteiger partial charge in [-0.25, -0.2) is 0 Å². The summed E-state index contributed by atoms with van der Waals surface area (Å²) in [5.74, 6) is 0.925. The Kier molecular flexibility index (Phi) is 5.44. The molecule has 0 aliphatic carbocycles. The van der Waals surface area contributed by atoms with Crippen LogP contribution in [0.25, 0.3) is 0 Å². The predicted molar refractivity (Wildman–Crippen MR) is 87.4 cm³/mol. The number of benzene rings is 1. The van der Waals surface area contributed by atoms with Crippen molar-refractivity contribution in [2.45, 2.75) is 33.4 Å². The molecule has 0 bridgehead atoms. The van der Waals surface area contributed by atoms with Gasteiger partial charge in [-0.05, 0) is 11.0 Å². The second-order valence-electron chi connectivity index (χ2n) is 5.59. The Bertz CT molecular complexity index is 395. The molecule has 18 heavy (non-hydrogen) atoms. The Labute approximate surface area is 126 Å². The molecule has 1 aliphatic rings. The summed E-state index contributed by atoms with van der Waals surface area (Å²) >= 11 is 0. The molecule has 1 atom stereocenters. The molecule has 0 saturated carbocycles. The predicted octanol–water partition coefficient (Wildman–Crippen LogP) is 2.77. The van der Waals surface area contributed by atoms with E-state index in [1.807, 2.05) is 6.07 Å². The first-order valence-corrected chi connectivity index (χ1v) is 6.14. The van der Waals surface area contributed by atoms with Crippen molar-refractivity contribution in [2.75, 3.05) is 6.54 Å². The van der Waals surface area contributed by atoms with E-state index >= 15 is 0 Å². The molecule has 0 spiro atoms. The molecule has 1 aliphatic heterocycles. The number of hydrogen-bond acceptors (Lipinski definition) is 3. The normalized spacial score (nSPS) is 18.6. The van der Waals surface area contributed by atoms with Gasteiger partial charge in [0.1, 0.15) is 0 Å². The van der Waals surface area contributed by atoms with Gasteiger partial charge in [0.05, 0.1) is 12.6 Å². The van der Waals surface area contributed by atoms with E-state index in [0.29, 0.717) is 6.04 Å². The van der Waals surface area contributed by atoms with Crippen LogP contribution in [0.5, 0.6) is 0 Å². The zero-order chi connectivity index (χ0) is 12.3. The highest BCUT2D eigenvalue weighted by Crippen LogP contribution is 2.21. The minimum Gasteiger partial charge on any atom is -0.352 e. The first kappa shape index (κ1) is 15.3. The van der Waals surface area contributed by atoms with Gasteiger partial charge in [0, 0.05) is 6.54 Å². The summed E-state index contributed by atoms with van der Waals surface area (Å²) in [6, 6.07) is 10.8. The van der Waals surface area contributed by atoms with Crippen molar-refractivity contribution in [2.24, 2.45) is 10.4 Å². The minimum absolute atomic E-state index is 0. The standard InChI is InChI=1S/C14H21N3.HI/c1-14(2,3)12-10-16-13(17-12)15-9-11-7-5-4-6-8-11;/h4-8,12H,9-10H2,1-3H3,(H2,15,16,17);1H. The lowest BCUT2D eigenvalue weighted by Crippen LogP contribution is -2.44. The van der Waals surface area contributed by atoms with Gasteiger partial charge in [-0.1, -0.05) is 51.1 Å². The molecule has 0 amide bonds. The first-order valence-electron chi connectivity index (χ1n) is 6.14. The number of aliphatic imine (C=N–C) groups is 1. The third kappa shape index (κ3) is 4.15. The lowest BCUT2D eigenvalue weighted by Gasteiger charge is -2.26. The highest BCUT2D eigenvalue weighted by atomic mass is 127. The van der Waals surface area contributed by atoms with Crippen LogP contribution < -0.4 is 10.6 Å². The molecule has 0 radical (unpaired) electrons. The maximum atomic E-state index is 4.49. The maximum absolute atomic E-state index is 4.49. The Hall–Kier alpha value is -0.780. The van der Waals surface area contributed by atoms with Crippen LogP contribution in [0.3, 0.4) is 0 Å². The van der Waals surface area contributed by atoms with Gasteiger partial charge < -0.3 is 10.6 Å². The summed E-state index contributed by atoms with van der Waals surface area (Å²) in [5, 5.41) is 6.78. The van der Waals surface area contributed by atoms with Crippen molar-refractivity contribution < 1.29 is 0 Å². The van der Waals surface area contributed by atoms with Crippen molar-refractivity contribution in [3.05, 3.63) is 35.9 Å². The van der Waals surface area contributed by atoms with Crippen molar-refractivity contribution in [1.82, 2.24) is 10.6 Å². The molecule has 1 aromatic carbocycles. The number of hydrogen-bond donors (Lipinski definition) is 2. The quantitative estimate of drug-likeness (QED) is 0.797. The van der Waals surface area contributed by atoms with Gasteiger partial charge in [0.15, 0.2) is 5.96 Å². The lowest BCUT2D eigenvalue weighted by atomic mass is 9.87. The Morgan fingerprint density at radius 3 is 2.50 bits per heavy atom. The molecule has 2 N–H and O–H groups in total. The SMILES string of the molecule is CC(C)(C)C1CN=C(NCc2ccccc2)N1.I. The summed E-state index contributed by atoms with van der Waals surface area (Å²) < 4.78 is 0. The Balaban J connectivity index is 0.00000162. The third-order valence-corrected chi connectivity index (χ3v) is 3.09. The van der Waals surface area contributed by atoms with E-state index in [1.54, 1.807) is 0 Å². The van der Waals surface area contributed by atoms with E-state index in [1.165, 1.54) is 5.56 Å². The molecule has 1 unspecified atom stereocenters. The molecular weight excluding hydrogens is 337 g/mol. The van der Waals surface area contributed by atoms with E-state index in [2.05, 4.69) is 60.7 Å². The number of rotatable bonds is 2. The molecule has 0 saturated heterocycles. The number of guanidine groups is 1. The van der Waals surface area contributed by atoms with Crippen LogP contribution in [0.1, 0.15) is 26.3 Å². The van der Waals surface area contributed by atoms with Crippen LogP contribution in [0.15, 0.2) is 35.3 Å². The molecule has 3 nitrogen and oxygen atoms in total. The zero-order valence-electron chi connectivity index (χ0n) is 11.2. The van der Waals surface area contributed by atoms with Crippen molar-refractivity contribution in [3.63, 3.8) is 0 Å². The second-order valence-corrected chi connectivity index (χ2v) is 5.59. The van der Waals surface area contributed by atoms with E-state index in [0.717, 1.165) is 19.0 Å². The van der Waals surface area contributed by atoms with Gasteiger partial charge in [0.2, 0.25) is 0 Å². The van der Waals surface area contributed by atoms with Gasteiger partial charge >= 0.3 is 0 Å². The van der Waals surface area contributed by atoms with Crippen LogP contribution in [0.4, 0.5) is 0 Å². The van der Waals surface area contributed by atoms with Crippen LogP contribution in [0, 0.1) is 5.41 Å². The van der Waals surface area contributed by atoms with Crippen LogP contribution >= 0.6 is 24.0 Å². The molecule has 1 heterocycles. The van der Waals surface area contributed by atoms with E-state index in [4.69, 9.17) is 0 Å². The fourth-order valence-electron chi connectivity index (χ4n) is 1.82. The molecule has 4 heteroatoms. The highest BCUT2D eigenvalue weighted by Gasteiger charge is 2.28. The molecule has 0 aromatic heterocycles. The monoisotopic (exact) mass is 359 g/mol. The van der Waals surface area contributed by atoms with Crippen LogP contribution in [0.2, 0.25) is 0 Å². The summed E-state index contributed by atoms with van der Waals surface area (Å²) in [5.41, 5.74) is 1.52. The molecule has 100 valence electrons. The number of nitrogens with zero attached hydrogens (tertiary/aromatic N) is 1. The Morgan fingerprint density at radius 1 is 1.28 bits per heavy atom. The lowest BCUT2D eigenvalue weighted by molar-refractivity contribution is 0.313. The first-order chi connectivity index (χ1) is 8.05. The van der Waals surface area contributed by atoms with Gasteiger partial charge in [-0.2, -0.15) is 0 Å². The third-order valence-electron chi connectivity index (χ3n) is 3.09. The molecule has 0 fully saturated rings. The largest absolute Gasteiger partial charge is 0.352 e. The zero-order valence-corrected chi connectivity index (χ0v) is 13.6.